The van der Waals surface area contributed by atoms with Crippen LogP contribution in [0.2, 0.25) is 0 Å². The van der Waals surface area contributed by atoms with E-state index in [-0.39, 0.29) is 35.1 Å². The minimum atomic E-state index is -0.611. The van der Waals surface area contributed by atoms with Crippen molar-refractivity contribution in [3.8, 4) is 5.75 Å². The highest BCUT2D eigenvalue weighted by Crippen LogP contribution is 2.52. The smallest absolute Gasteiger partial charge is 0.375 e. The molecular weight excluding hydrogens is 370 g/mol. The number of likely N-dealkylation sites (tertiary alicyclic amines) is 1. The number of aryl methyl sites for hydroxylation is 1. The quantitative estimate of drug-likeness (QED) is 0.716. The Hall–Kier alpha value is -2.50. The van der Waals surface area contributed by atoms with Gasteiger partial charge in [0.15, 0.2) is 6.61 Å². The maximum Gasteiger partial charge on any atom is 0.375 e. The Morgan fingerprint density at radius 3 is 2.72 bits per heavy atom. The summed E-state index contributed by atoms with van der Waals surface area (Å²) in [5.41, 5.74) is 1.66. The van der Waals surface area contributed by atoms with Crippen molar-refractivity contribution in [2.24, 2.45) is 10.8 Å². The van der Waals surface area contributed by atoms with Gasteiger partial charge in [0, 0.05) is 23.5 Å². The molecule has 2 heterocycles. The first kappa shape index (κ1) is 19.8. The molecule has 6 heteroatoms. The van der Waals surface area contributed by atoms with Crippen molar-refractivity contribution in [2.45, 2.75) is 53.0 Å². The van der Waals surface area contributed by atoms with Gasteiger partial charge in [-0.3, -0.25) is 4.79 Å². The second kappa shape index (κ2) is 6.78. The maximum atomic E-state index is 12.8. The Labute approximate surface area is 171 Å². The van der Waals surface area contributed by atoms with Crippen LogP contribution >= 0.6 is 0 Å². The van der Waals surface area contributed by atoms with E-state index < -0.39 is 5.97 Å². The fraction of sp³-hybridized carbons (Fsp3) is 0.565. The molecule has 1 amide bonds. The van der Waals surface area contributed by atoms with Gasteiger partial charge in [0.05, 0.1) is 7.11 Å². The molecule has 1 saturated carbocycles. The van der Waals surface area contributed by atoms with Crippen molar-refractivity contribution in [3.63, 3.8) is 0 Å². The number of hydrogen-bond acceptors (Lipinski definition) is 5. The predicted molar refractivity (Wildman–Crippen MR) is 109 cm³/mol. The highest BCUT2D eigenvalue weighted by atomic mass is 16.5. The van der Waals surface area contributed by atoms with E-state index in [1.54, 1.807) is 26.2 Å². The lowest BCUT2D eigenvalue weighted by Gasteiger charge is -2.39. The monoisotopic (exact) mass is 399 g/mol. The number of esters is 1. The molecular formula is C23H29NO5. The van der Waals surface area contributed by atoms with Gasteiger partial charge in [0.2, 0.25) is 5.76 Å². The number of carbonyl (C=O) groups excluding carboxylic acids is 2. The summed E-state index contributed by atoms with van der Waals surface area (Å²) in [4.78, 5) is 27.3. The molecule has 1 aliphatic heterocycles. The van der Waals surface area contributed by atoms with Crippen molar-refractivity contribution in [1.82, 2.24) is 4.90 Å². The summed E-state index contributed by atoms with van der Waals surface area (Å²) in [6, 6.07) is 5.59. The Morgan fingerprint density at radius 2 is 2.00 bits per heavy atom. The van der Waals surface area contributed by atoms with Crippen molar-refractivity contribution in [3.05, 3.63) is 29.5 Å². The Morgan fingerprint density at radius 1 is 1.24 bits per heavy atom. The molecule has 2 aliphatic rings. The molecule has 2 atom stereocenters. The zero-order valence-corrected chi connectivity index (χ0v) is 17.8. The number of hydrogen-bond donors (Lipinski definition) is 0. The Kier molecular flexibility index (Phi) is 4.63. The lowest BCUT2D eigenvalue weighted by molar-refractivity contribution is -0.135. The third-order valence-electron chi connectivity index (χ3n) is 6.39. The van der Waals surface area contributed by atoms with E-state index in [4.69, 9.17) is 13.9 Å². The SMILES string of the molecule is COc1ccc2oc(C(=O)OCC(=O)N3C[C@]4(C)C[C@@H]3CC(C)(C)C4)c(C)c2c1. The number of methoxy groups -OCH3 is 1. The number of benzene rings is 1. The molecule has 2 aromatic rings. The molecule has 6 nitrogen and oxygen atoms in total. The van der Waals surface area contributed by atoms with Crippen LogP contribution in [0.3, 0.4) is 0 Å². The molecule has 0 N–H and O–H groups in total. The van der Waals surface area contributed by atoms with Crippen LogP contribution in [0.25, 0.3) is 11.0 Å². The van der Waals surface area contributed by atoms with E-state index in [1.165, 1.54) is 0 Å². The van der Waals surface area contributed by atoms with Crippen LogP contribution in [0.4, 0.5) is 0 Å². The number of carbonyl (C=O) groups is 2. The van der Waals surface area contributed by atoms with Gasteiger partial charge < -0.3 is 18.8 Å². The van der Waals surface area contributed by atoms with E-state index in [9.17, 15) is 9.59 Å². The van der Waals surface area contributed by atoms with E-state index in [0.717, 1.165) is 31.2 Å². The van der Waals surface area contributed by atoms with Crippen molar-refractivity contribution in [1.29, 1.82) is 0 Å². The van der Waals surface area contributed by atoms with Crippen LogP contribution in [0.1, 0.15) is 56.2 Å². The van der Waals surface area contributed by atoms with Gasteiger partial charge in [-0.25, -0.2) is 4.79 Å². The van der Waals surface area contributed by atoms with Crippen LogP contribution in [-0.2, 0) is 9.53 Å². The summed E-state index contributed by atoms with van der Waals surface area (Å²) in [5.74, 6) is 0.0855. The molecule has 1 aromatic carbocycles. The standard InChI is InChI=1S/C23H29NO5/c1-14-17-8-16(27-5)6-7-18(17)29-20(14)21(26)28-11-19(25)24-13-23(4)10-15(24)9-22(2,3)12-23/h6-8,15H,9-13H2,1-5H3/t15-,23+/m0/s1. The fourth-order valence-corrected chi connectivity index (χ4v) is 5.55. The molecule has 2 bridgehead atoms. The van der Waals surface area contributed by atoms with Gasteiger partial charge in [-0.05, 0) is 55.2 Å². The van der Waals surface area contributed by atoms with E-state index >= 15 is 0 Å². The maximum absolute atomic E-state index is 12.8. The molecule has 1 saturated heterocycles. The number of nitrogens with zero attached hydrogens (tertiary/aromatic N) is 1. The third-order valence-corrected chi connectivity index (χ3v) is 6.39. The van der Waals surface area contributed by atoms with Crippen molar-refractivity contribution < 1.29 is 23.5 Å². The van der Waals surface area contributed by atoms with Crippen LogP contribution < -0.4 is 4.74 Å². The topological polar surface area (TPSA) is 69.0 Å². The Bertz CT molecular complexity index is 975. The van der Waals surface area contributed by atoms with Crippen LogP contribution in [0.5, 0.6) is 5.75 Å². The Balaban J connectivity index is 1.44. The van der Waals surface area contributed by atoms with Gasteiger partial charge in [-0.15, -0.1) is 0 Å². The van der Waals surface area contributed by atoms with Crippen molar-refractivity contribution in [2.75, 3.05) is 20.3 Å². The number of ether oxygens (including phenoxy) is 2. The van der Waals surface area contributed by atoms with Crippen molar-refractivity contribution >= 4 is 22.8 Å². The third kappa shape index (κ3) is 3.61. The first-order valence-corrected chi connectivity index (χ1v) is 10.1. The highest BCUT2D eigenvalue weighted by Gasteiger charge is 2.50. The first-order chi connectivity index (χ1) is 13.6. The van der Waals surface area contributed by atoms with Gasteiger partial charge in [0.25, 0.3) is 5.91 Å². The molecule has 1 aliphatic carbocycles. The van der Waals surface area contributed by atoms with Crippen LogP contribution in [-0.4, -0.2) is 43.1 Å². The summed E-state index contributed by atoms with van der Waals surface area (Å²) in [7, 11) is 1.59. The van der Waals surface area contributed by atoms with E-state index in [2.05, 4.69) is 20.8 Å². The van der Waals surface area contributed by atoms with E-state index in [0.29, 0.717) is 16.9 Å². The summed E-state index contributed by atoms with van der Waals surface area (Å²) >= 11 is 0. The minimum Gasteiger partial charge on any atom is -0.497 e. The zero-order chi connectivity index (χ0) is 21.0. The molecule has 1 aromatic heterocycles. The number of fused-ring (bicyclic) bond motifs is 3. The largest absolute Gasteiger partial charge is 0.497 e. The van der Waals surface area contributed by atoms with Gasteiger partial charge in [-0.2, -0.15) is 0 Å². The predicted octanol–water partition coefficient (Wildman–Crippen LogP) is 4.33. The number of furan rings is 1. The summed E-state index contributed by atoms with van der Waals surface area (Å²) in [6.45, 7) is 9.07. The molecule has 0 radical (unpaired) electrons. The second-order valence-corrected chi connectivity index (χ2v) is 9.73. The lowest BCUT2D eigenvalue weighted by Crippen LogP contribution is -2.39. The second-order valence-electron chi connectivity index (χ2n) is 9.73. The first-order valence-electron chi connectivity index (χ1n) is 10.1. The molecule has 4 rings (SSSR count). The summed E-state index contributed by atoms with van der Waals surface area (Å²) in [6.07, 6.45) is 3.13. The molecule has 156 valence electrons. The number of amides is 1. The normalized spacial score (nSPS) is 25.3. The molecule has 29 heavy (non-hydrogen) atoms. The summed E-state index contributed by atoms with van der Waals surface area (Å²) in [5, 5.41) is 0.797. The molecule has 2 fully saturated rings. The minimum absolute atomic E-state index is 0.125. The van der Waals surface area contributed by atoms with E-state index in [1.807, 2.05) is 11.0 Å². The highest BCUT2D eigenvalue weighted by molar-refractivity contribution is 5.97. The molecule has 0 spiro atoms. The van der Waals surface area contributed by atoms with Gasteiger partial charge in [-0.1, -0.05) is 20.8 Å². The summed E-state index contributed by atoms with van der Waals surface area (Å²) < 4.78 is 16.3. The number of rotatable bonds is 4. The average Bonchev–Trinajstić information content (AvgIpc) is 3.11. The zero-order valence-electron chi connectivity index (χ0n) is 17.8. The fourth-order valence-electron chi connectivity index (χ4n) is 5.55. The van der Waals surface area contributed by atoms with Gasteiger partial charge >= 0.3 is 5.97 Å². The molecule has 0 unspecified atom stereocenters. The van der Waals surface area contributed by atoms with Crippen LogP contribution in [0, 0.1) is 17.8 Å². The average molecular weight is 399 g/mol. The van der Waals surface area contributed by atoms with Crippen LogP contribution in [0.15, 0.2) is 22.6 Å². The lowest BCUT2D eigenvalue weighted by atomic mass is 9.65. The van der Waals surface area contributed by atoms with Gasteiger partial charge in [0.1, 0.15) is 11.3 Å².